The highest BCUT2D eigenvalue weighted by atomic mass is 16.5. The van der Waals surface area contributed by atoms with Gasteiger partial charge in [-0.3, -0.25) is 9.59 Å². The zero-order valence-electron chi connectivity index (χ0n) is 19.2. The molecule has 2 aromatic heterocycles. The van der Waals surface area contributed by atoms with E-state index in [1.165, 1.54) is 0 Å². The van der Waals surface area contributed by atoms with E-state index in [2.05, 4.69) is 14.7 Å². The van der Waals surface area contributed by atoms with Crippen molar-refractivity contribution in [2.45, 2.75) is 59.5 Å². The fraction of sp³-hybridized carbons (Fsp3) is 0.636. The van der Waals surface area contributed by atoms with Crippen LogP contribution in [0.15, 0.2) is 10.6 Å². The van der Waals surface area contributed by atoms with E-state index in [-0.39, 0.29) is 17.9 Å². The Kier molecular flexibility index (Phi) is 7.48. The van der Waals surface area contributed by atoms with Gasteiger partial charge in [-0.2, -0.15) is 4.98 Å². The number of aryl methyl sites for hydroxylation is 2. The van der Waals surface area contributed by atoms with E-state index in [9.17, 15) is 9.59 Å². The van der Waals surface area contributed by atoms with Crippen LogP contribution in [-0.2, 0) is 22.5 Å². The molecule has 1 atom stereocenters. The van der Waals surface area contributed by atoms with Gasteiger partial charge in [0, 0.05) is 71.0 Å². The van der Waals surface area contributed by atoms with Crippen LogP contribution in [0.2, 0.25) is 0 Å². The Morgan fingerprint density at radius 2 is 2.10 bits per heavy atom. The molecule has 1 saturated heterocycles. The first-order valence-corrected chi connectivity index (χ1v) is 10.8. The third-order valence-corrected chi connectivity index (χ3v) is 6.00. The maximum Gasteiger partial charge on any atom is 0.255 e. The molecule has 0 saturated carbocycles. The molecule has 1 aliphatic heterocycles. The molecular formula is C22H33N5O4. The van der Waals surface area contributed by atoms with Crippen LogP contribution in [0.25, 0.3) is 0 Å². The van der Waals surface area contributed by atoms with Crippen molar-refractivity contribution in [3.63, 3.8) is 0 Å². The number of nitrogens with zero attached hydrogens (tertiary/aromatic N) is 5. The highest BCUT2D eigenvalue weighted by Gasteiger charge is 2.31. The molecule has 2 amide bonds. The van der Waals surface area contributed by atoms with Crippen molar-refractivity contribution >= 4 is 11.8 Å². The highest BCUT2D eigenvalue weighted by molar-refractivity contribution is 5.95. The summed E-state index contributed by atoms with van der Waals surface area (Å²) in [5.74, 6) is 1.13. The maximum atomic E-state index is 13.3. The van der Waals surface area contributed by atoms with Crippen molar-refractivity contribution in [3.8, 4) is 0 Å². The minimum atomic E-state index is -0.0137. The number of amides is 2. The van der Waals surface area contributed by atoms with Crippen LogP contribution in [0.5, 0.6) is 0 Å². The lowest BCUT2D eigenvalue weighted by molar-refractivity contribution is -0.132. The van der Waals surface area contributed by atoms with Gasteiger partial charge in [0.15, 0.2) is 5.82 Å². The number of carbonyl (C=O) groups excluding carboxylic acids is 2. The van der Waals surface area contributed by atoms with Crippen molar-refractivity contribution in [3.05, 3.63) is 34.7 Å². The van der Waals surface area contributed by atoms with Crippen LogP contribution in [0.1, 0.15) is 53.2 Å². The number of carbonyl (C=O) groups is 2. The van der Waals surface area contributed by atoms with E-state index in [4.69, 9.17) is 9.26 Å². The molecule has 3 heterocycles. The van der Waals surface area contributed by atoms with Gasteiger partial charge in [-0.25, -0.2) is 0 Å². The second-order valence-corrected chi connectivity index (χ2v) is 8.17. The van der Waals surface area contributed by atoms with Gasteiger partial charge in [0.2, 0.25) is 11.8 Å². The Morgan fingerprint density at radius 3 is 2.74 bits per heavy atom. The quantitative estimate of drug-likeness (QED) is 0.636. The minimum absolute atomic E-state index is 0.00254. The number of aromatic nitrogens is 3. The van der Waals surface area contributed by atoms with Crippen molar-refractivity contribution in [2.24, 2.45) is 0 Å². The molecule has 3 rings (SSSR count). The zero-order chi connectivity index (χ0) is 22.5. The Bertz CT molecular complexity index is 919. The lowest BCUT2D eigenvalue weighted by Gasteiger charge is -2.39. The number of hydrogen-bond acceptors (Lipinski definition) is 6. The maximum absolute atomic E-state index is 13.3. The predicted octanol–water partition coefficient (Wildman–Crippen LogP) is 2.14. The molecule has 0 spiro atoms. The van der Waals surface area contributed by atoms with Crippen LogP contribution in [0.4, 0.5) is 0 Å². The average Bonchev–Trinajstić information content (AvgIpc) is 3.28. The summed E-state index contributed by atoms with van der Waals surface area (Å²) in [5.41, 5.74) is 2.73. The average molecular weight is 432 g/mol. The van der Waals surface area contributed by atoms with Crippen molar-refractivity contribution < 1.29 is 18.8 Å². The van der Waals surface area contributed by atoms with Crippen molar-refractivity contribution in [1.29, 1.82) is 0 Å². The third-order valence-electron chi connectivity index (χ3n) is 6.00. The van der Waals surface area contributed by atoms with Gasteiger partial charge in [-0.05, 0) is 32.8 Å². The van der Waals surface area contributed by atoms with Crippen LogP contribution < -0.4 is 0 Å². The summed E-state index contributed by atoms with van der Waals surface area (Å²) in [6.45, 7) is 10.4. The summed E-state index contributed by atoms with van der Waals surface area (Å²) < 4.78 is 12.3. The first kappa shape index (κ1) is 23.0. The van der Waals surface area contributed by atoms with E-state index in [0.29, 0.717) is 44.4 Å². The first-order chi connectivity index (χ1) is 14.8. The molecule has 0 aromatic carbocycles. The smallest absolute Gasteiger partial charge is 0.255 e. The molecule has 0 bridgehead atoms. The Morgan fingerprint density at radius 1 is 1.32 bits per heavy atom. The molecule has 2 aromatic rings. The molecule has 9 nitrogen and oxygen atoms in total. The van der Waals surface area contributed by atoms with Gasteiger partial charge in [-0.15, -0.1) is 0 Å². The Hall–Kier alpha value is -2.68. The molecular weight excluding hydrogens is 398 g/mol. The Balaban J connectivity index is 1.69. The van der Waals surface area contributed by atoms with E-state index in [1.807, 2.05) is 29.7 Å². The zero-order valence-corrected chi connectivity index (χ0v) is 19.2. The molecule has 0 radical (unpaired) electrons. The molecule has 1 fully saturated rings. The van der Waals surface area contributed by atoms with Crippen LogP contribution in [-0.4, -0.2) is 75.7 Å². The molecule has 0 aliphatic carbocycles. The van der Waals surface area contributed by atoms with E-state index >= 15 is 0 Å². The summed E-state index contributed by atoms with van der Waals surface area (Å²) >= 11 is 0. The molecule has 0 N–H and O–H groups in total. The lowest BCUT2D eigenvalue weighted by atomic mass is 10.0. The van der Waals surface area contributed by atoms with Gasteiger partial charge in [0.05, 0.1) is 12.2 Å². The summed E-state index contributed by atoms with van der Waals surface area (Å²) in [7, 11) is 1.68. The van der Waals surface area contributed by atoms with E-state index in [1.54, 1.807) is 21.0 Å². The standard InChI is InChI=1S/C22H33N5O4/c1-15-13-20(16(2)26(15)11-12-30-5)22(29)25-9-6-7-19(14-25)27(18(4)28)10-8-21-23-17(3)31-24-21/h13,19H,6-12,14H2,1-5H3. The molecule has 1 aliphatic rings. The molecule has 1 unspecified atom stereocenters. The highest BCUT2D eigenvalue weighted by Crippen LogP contribution is 2.22. The molecule has 9 heteroatoms. The fourth-order valence-electron chi connectivity index (χ4n) is 4.37. The fourth-order valence-corrected chi connectivity index (χ4v) is 4.37. The summed E-state index contributed by atoms with van der Waals surface area (Å²) in [5, 5.41) is 3.92. The second-order valence-electron chi connectivity index (χ2n) is 8.17. The number of rotatable bonds is 8. The number of ether oxygens (including phenoxy) is 1. The summed E-state index contributed by atoms with van der Waals surface area (Å²) in [6, 6.07) is 1.94. The normalized spacial score (nSPS) is 16.5. The molecule has 170 valence electrons. The minimum Gasteiger partial charge on any atom is -0.383 e. The summed E-state index contributed by atoms with van der Waals surface area (Å²) in [6.07, 6.45) is 2.27. The van der Waals surface area contributed by atoms with Crippen molar-refractivity contribution in [2.75, 3.05) is 33.4 Å². The summed E-state index contributed by atoms with van der Waals surface area (Å²) in [4.78, 5) is 33.6. The SMILES string of the molecule is COCCn1c(C)cc(C(=O)N2CCCC(N(CCc3noc(C)n3)C(C)=O)C2)c1C. The third kappa shape index (κ3) is 5.33. The first-order valence-electron chi connectivity index (χ1n) is 10.8. The second kappa shape index (κ2) is 10.1. The number of hydrogen-bond donors (Lipinski definition) is 0. The lowest BCUT2D eigenvalue weighted by Crippen LogP contribution is -2.51. The van der Waals surface area contributed by atoms with Crippen molar-refractivity contribution in [1.82, 2.24) is 24.5 Å². The van der Waals surface area contributed by atoms with Gasteiger partial charge in [0.25, 0.3) is 5.91 Å². The van der Waals surface area contributed by atoms with Gasteiger partial charge in [0.1, 0.15) is 0 Å². The molecule has 31 heavy (non-hydrogen) atoms. The van der Waals surface area contributed by atoms with Crippen LogP contribution >= 0.6 is 0 Å². The predicted molar refractivity (Wildman–Crippen MR) is 115 cm³/mol. The van der Waals surface area contributed by atoms with Crippen LogP contribution in [0, 0.1) is 20.8 Å². The van der Waals surface area contributed by atoms with Gasteiger partial charge in [-0.1, -0.05) is 5.16 Å². The van der Waals surface area contributed by atoms with Gasteiger partial charge >= 0.3 is 0 Å². The largest absolute Gasteiger partial charge is 0.383 e. The monoisotopic (exact) mass is 431 g/mol. The Labute approximate surface area is 183 Å². The van der Waals surface area contributed by atoms with Gasteiger partial charge < -0.3 is 23.6 Å². The number of likely N-dealkylation sites (tertiary alicyclic amines) is 1. The van der Waals surface area contributed by atoms with E-state index in [0.717, 1.165) is 36.3 Å². The number of piperidine rings is 1. The number of methoxy groups -OCH3 is 1. The topological polar surface area (TPSA) is 93.7 Å². The van der Waals surface area contributed by atoms with E-state index < -0.39 is 0 Å². The van der Waals surface area contributed by atoms with Crippen LogP contribution in [0.3, 0.4) is 0 Å².